The van der Waals surface area contributed by atoms with Crippen LogP contribution < -0.4 is 45.2 Å². The number of hydrogen-bond acceptors (Lipinski definition) is 18. The van der Waals surface area contributed by atoms with Gasteiger partial charge in [0.2, 0.25) is 0 Å². The SMILES string of the molecule is CC(C)c1cccc(C(C)C)c1-n1c(=O)c2cc(Oc3ccc(S(=O)(=O)[O-])cc3-c3ccc(S(=O)(=O)[O-])cc3)c3oc4ccccc4c4c(Oc5c(-c6ccccc6)cc(S(=O)(=O)[O-])cc5-c5ccc(S(=O)(=O)[O-])cc5)cc(c1=O)c2c34.N.[NH4+].[NH4+].[NH4+]. The second-order valence-corrected chi connectivity index (χ2v) is 25.4. The Hall–Kier alpha value is -8.74. The van der Waals surface area contributed by atoms with Crippen LogP contribution in [-0.4, -0.2) is 56.4 Å². The van der Waals surface area contributed by atoms with E-state index in [0.29, 0.717) is 27.8 Å². The molecule has 2 aromatic heterocycles. The molecule has 0 fully saturated rings. The van der Waals surface area contributed by atoms with Crippen LogP contribution in [0.5, 0.6) is 23.0 Å². The summed E-state index contributed by atoms with van der Waals surface area (Å²) < 4.78 is 171. The first-order valence-electron chi connectivity index (χ1n) is 24.9. The quantitative estimate of drug-likeness (QED) is 0.0446. The predicted molar refractivity (Wildman–Crippen MR) is 324 cm³/mol. The van der Waals surface area contributed by atoms with Crippen molar-refractivity contribution in [3.63, 3.8) is 0 Å². The lowest BCUT2D eigenvalue weighted by atomic mass is 9.91. The molecule has 448 valence electrons. The summed E-state index contributed by atoms with van der Waals surface area (Å²) in [5.74, 6) is -1.11. The molecular formula is C60H56N5O17S4-. The van der Waals surface area contributed by atoms with Crippen molar-refractivity contribution < 1.29 is 65.8 Å². The van der Waals surface area contributed by atoms with Crippen LogP contribution in [0.15, 0.2) is 197 Å². The number of pyridine rings is 1. The fourth-order valence-electron chi connectivity index (χ4n) is 10.3. The van der Waals surface area contributed by atoms with Gasteiger partial charge in [-0.2, -0.15) is 0 Å². The number of rotatable bonds is 14. The third-order valence-corrected chi connectivity index (χ3v) is 17.4. The van der Waals surface area contributed by atoms with E-state index in [1.165, 1.54) is 36.4 Å². The second kappa shape index (κ2) is 23.6. The molecule has 22 nitrogen and oxygen atoms in total. The standard InChI is InChI=1S/C60H45NO17S4.4H3N/c1-32(2)41-14-10-15-42(33(3)4)56(41)61-59(62)47-30-51(78-57-45(34-11-6-5-7-12-34)28-40(82(73,74)75)29-46(57)36-19-23-38(24-20-36)80(67,68)69)54-43-13-8-9-16-49(43)77-58-52(31-48(60(61)63)53(47)55(54)58)76-50-26-25-39(81(70,71)72)27-44(50)35-17-21-37(22-18-35)79(64,65)66;;;;/h5-33H,1-4H3,(H,64,65,66)(H,67,68,69)(H,70,71,72)(H,73,74,75);4*1H3/p-1. The van der Waals surface area contributed by atoms with E-state index in [1.807, 2.05) is 33.8 Å². The number of aromatic nitrogens is 1. The Kier molecular flexibility index (Phi) is 17.8. The molecule has 26 heteroatoms. The van der Waals surface area contributed by atoms with Crippen LogP contribution in [0.3, 0.4) is 0 Å². The van der Waals surface area contributed by atoms with Crippen LogP contribution in [0.25, 0.3) is 82.6 Å². The van der Waals surface area contributed by atoms with Crippen LogP contribution in [0.1, 0.15) is 50.7 Å². The minimum atomic E-state index is -5.25. The van der Waals surface area contributed by atoms with E-state index in [0.717, 1.165) is 59.2 Å². The average Bonchev–Trinajstić information content (AvgIpc) is 0.706. The van der Waals surface area contributed by atoms with Gasteiger partial charge in [-0.25, -0.2) is 38.2 Å². The number of benzene rings is 9. The van der Waals surface area contributed by atoms with Gasteiger partial charge in [-0.05, 0) is 112 Å². The van der Waals surface area contributed by atoms with Crippen LogP contribution in [0.4, 0.5) is 0 Å². The molecule has 0 unspecified atom stereocenters. The van der Waals surface area contributed by atoms with Crippen LogP contribution in [0.2, 0.25) is 0 Å². The molecule has 0 bridgehead atoms. The summed E-state index contributed by atoms with van der Waals surface area (Å²) in [6.45, 7) is 7.61. The molecule has 11 rings (SSSR count). The first kappa shape index (κ1) is 64.8. The summed E-state index contributed by atoms with van der Waals surface area (Å²) in [4.78, 5) is 28.9. The Balaban J connectivity index is 0.00000264. The maximum Gasteiger partial charge on any atom is 0.266 e. The molecule has 0 spiro atoms. The molecule has 0 aliphatic rings. The number of quaternary nitrogens is 3. The zero-order valence-corrected chi connectivity index (χ0v) is 50.2. The van der Waals surface area contributed by atoms with Crippen molar-refractivity contribution in [2.75, 3.05) is 0 Å². The average molecular weight is 1250 g/mol. The Bertz CT molecular complexity index is 5050. The van der Waals surface area contributed by atoms with Gasteiger partial charge in [0.25, 0.3) is 11.1 Å². The van der Waals surface area contributed by atoms with Gasteiger partial charge in [-0.3, -0.25) is 9.59 Å². The molecule has 15 N–H and O–H groups in total. The van der Waals surface area contributed by atoms with Crippen molar-refractivity contribution in [1.29, 1.82) is 0 Å². The Morgan fingerprint density at radius 2 is 0.860 bits per heavy atom. The first-order chi connectivity index (χ1) is 38.7. The summed E-state index contributed by atoms with van der Waals surface area (Å²) in [5, 5.41) is 0.465. The van der Waals surface area contributed by atoms with Gasteiger partial charge in [0.1, 0.15) is 63.3 Å². The number of fused-ring (bicyclic) bond motifs is 2. The van der Waals surface area contributed by atoms with E-state index in [-0.39, 0.29) is 125 Å². The lowest BCUT2D eigenvalue weighted by molar-refractivity contribution is 0.460. The van der Waals surface area contributed by atoms with Crippen molar-refractivity contribution in [2.45, 2.75) is 59.1 Å². The summed E-state index contributed by atoms with van der Waals surface area (Å²) in [6, 6.07) is 37.1. The summed E-state index contributed by atoms with van der Waals surface area (Å²) in [5.41, 5.74) is 0.384. The second-order valence-electron chi connectivity index (χ2n) is 19.9. The lowest BCUT2D eigenvalue weighted by Gasteiger charge is -2.24. The van der Waals surface area contributed by atoms with Gasteiger partial charge in [0, 0.05) is 38.2 Å². The van der Waals surface area contributed by atoms with Crippen molar-refractivity contribution >= 4 is 84.0 Å². The minimum absolute atomic E-state index is 0. The highest BCUT2D eigenvalue weighted by atomic mass is 32.2. The number of para-hydroxylation sites is 2. The monoisotopic (exact) mass is 1250 g/mol. The topological polar surface area (TPSA) is 444 Å². The maximum absolute atomic E-state index is 15.8. The van der Waals surface area contributed by atoms with Crippen LogP contribution in [-0.2, 0) is 40.5 Å². The smallest absolute Gasteiger partial charge is 0.266 e. The summed E-state index contributed by atoms with van der Waals surface area (Å²) in [6.07, 6.45) is 0. The lowest BCUT2D eigenvalue weighted by Crippen LogP contribution is -2.34. The molecule has 0 aliphatic carbocycles. The third-order valence-electron chi connectivity index (χ3n) is 14.1. The fourth-order valence-corrected chi connectivity index (χ4v) is 12.3. The highest BCUT2D eigenvalue weighted by Crippen LogP contribution is 2.51. The number of ether oxygens (including phenoxy) is 2. The molecule has 0 aliphatic heterocycles. The van der Waals surface area contributed by atoms with Crippen molar-refractivity contribution in [2.24, 2.45) is 0 Å². The maximum atomic E-state index is 15.8. The van der Waals surface area contributed by atoms with E-state index >= 15 is 9.59 Å². The Morgan fingerprint density at radius 1 is 0.419 bits per heavy atom. The molecule has 0 saturated carbocycles. The van der Waals surface area contributed by atoms with E-state index in [9.17, 15) is 51.9 Å². The van der Waals surface area contributed by atoms with E-state index in [2.05, 4.69) is 0 Å². The summed E-state index contributed by atoms with van der Waals surface area (Å²) in [7, 11) is -20.3. The molecule has 9 aromatic carbocycles. The zero-order chi connectivity index (χ0) is 58.5. The van der Waals surface area contributed by atoms with E-state index in [1.54, 1.807) is 66.7 Å². The fraction of sp³-hybridized carbons (Fsp3) is 0.100. The van der Waals surface area contributed by atoms with Crippen molar-refractivity contribution in [3.05, 3.63) is 196 Å². The van der Waals surface area contributed by atoms with E-state index in [4.69, 9.17) is 13.9 Å². The van der Waals surface area contributed by atoms with Gasteiger partial charge in [-0.15, -0.1) is 0 Å². The molecule has 86 heavy (non-hydrogen) atoms. The molecule has 0 amide bonds. The van der Waals surface area contributed by atoms with Crippen molar-refractivity contribution in [3.8, 4) is 62.1 Å². The largest absolute Gasteiger partial charge is 0.744 e. The summed E-state index contributed by atoms with van der Waals surface area (Å²) >= 11 is 0. The molecule has 0 atom stereocenters. The van der Waals surface area contributed by atoms with Gasteiger partial charge in [0.05, 0.1) is 36.0 Å². The zero-order valence-electron chi connectivity index (χ0n) is 47.0. The van der Waals surface area contributed by atoms with Crippen molar-refractivity contribution in [1.82, 2.24) is 29.2 Å². The van der Waals surface area contributed by atoms with Crippen LogP contribution >= 0.6 is 0 Å². The molecule has 2 heterocycles. The molecular weight excluding hydrogens is 1190 g/mol. The van der Waals surface area contributed by atoms with Gasteiger partial charge < -0.3 is 56.7 Å². The molecule has 11 aromatic rings. The van der Waals surface area contributed by atoms with Gasteiger partial charge >= 0.3 is 0 Å². The Morgan fingerprint density at radius 3 is 1.36 bits per heavy atom. The van der Waals surface area contributed by atoms with E-state index < -0.39 is 71.2 Å². The first-order valence-corrected chi connectivity index (χ1v) is 30.6. The Labute approximate surface area is 493 Å². The predicted octanol–water partition coefficient (Wildman–Crippen LogP) is 12.6. The van der Waals surface area contributed by atoms with Crippen LogP contribution in [0, 0.1) is 0 Å². The normalized spacial score (nSPS) is 12.0. The number of hydrogen-bond donors (Lipinski definition) is 4. The third kappa shape index (κ3) is 11.6. The minimum Gasteiger partial charge on any atom is -0.744 e. The van der Waals surface area contributed by atoms with Gasteiger partial charge in [-0.1, -0.05) is 119 Å². The molecule has 0 radical (unpaired) electrons. The molecule has 0 saturated heterocycles. The van der Waals surface area contributed by atoms with Gasteiger partial charge in [0.15, 0.2) is 11.3 Å². The number of nitrogens with zero attached hydrogens (tertiary/aromatic N) is 1. The highest BCUT2D eigenvalue weighted by Gasteiger charge is 2.30. The highest BCUT2D eigenvalue weighted by molar-refractivity contribution is 7.86.